The Balaban J connectivity index is 1.94. The normalized spacial score (nSPS) is 11.1. The molecule has 2 aromatic heterocycles. The Labute approximate surface area is 128 Å². The number of thiocarbonyl (C=S) groups is 1. The lowest BCUT2D eigenvalue weighted by atomic mass is 10.2. The van der Waals surface area contributed by atoms with Gasteiger partial charge in [0.15, 0.2) is 0 Å². The van der Waals surface area contributed by atoms with E-state index in [0.717, 1.165) is 29.8 Å². The number of imidazole rings is 1. The number of fused-ring (bicyclic) bond motifs is 1. The molecule has 0 unspecified atom stereocenters. The van der Waals surface area contributed by atoms with Crippen LogP contribution in [0.15, 0.2) is 36.5 Å². The van der Waals surface area contributed by atoms with E-state index in [1.807, 2.05) is 42.2 Å². The summed E-state index contributed by atoms with van der Waals surface area (Å²) in [4.78, 5) is 5.11. The van der Waals surface area contributed by atoms with Gasteiger partial charge >= 0.3 is 0 Å². The lowest BCUT2D eigenvalue weighted by Crippen LogP contribution is -2.16. The largest absolute Gasteiger partial charge is 0.393 e. The number of hydrogen-bond donors (Lipinski definition) is 1. The number of para-hydroxylation sites is 2. The summed E-state index contributed by atoms with van der Waals surface area (Å²) in [5.74, 6) is 0.922. The fourth-order valence-electron chi connectivity index (χ4n) is 2.54. The molecule has 0 fully saturated rings. The number of benzene rings is 1. The van der Waals surface area contributed by atoms with Gasteiger partial charge in [0.25, 0.3) is 0 Å². The minimum absolute atomic E-state index is 0.465. The summed E-state index contributed by atoms with van der Waals surface area (Å²) >= 11 is 5.04. The van der Waals surface area contributed by atoms with Crippen molar-refractivity contribution >= 4 is 28.2 Å². The Morgan fingerprint density at radius 2 is 2.10 bits per heavy atom. The monoisotopic (exact) mass is 299 g/mol. The van der Waals surface area contributed by atoms with Gasteiger partial charge in [0.1, 0.15) is 5.82 Å². The molecular weight excluding hydrogens is 282 g/mol. The molecule has 3 aromatic rings. The molecule has 108 valence electrons. The highest BCUT2D eigenvalue weighted by Crippen LogP contribution is 2.17. The molecule has 0 aliphatic carbocycles. The van der Waals surface area contributed by atoms with Gasteiger partial charge in [-0.25, -0.2) is 4.98 Å². The highest BCUT2D eigenvalue weighted by Gasteiger charge is 2.11. The van der Waals surface area contributed by atoms with E-state index in [-0.39, 0.29) is 0 Å². The van der Waals surface area contributed by atoms with E-state index in [2.05, 4.69) is 20.7 Å². The molecule has 2 heterocycles. The summed E-state index contributed by atoms with van der Waals surface area (Å²) in [6.07, 6.45) is 3.23. The summed E-state index contributed by atoms with van der Waals surface area (Å²) in [7, 11) is 1.96. The van der Waals surface area contributed by atoms with Crippen molar-refractivity contribution in [3.8, 4) is 0 Å². The van der Waals surface area contributed by atoms with Crippen LogP contribution in [0.25, 0.3) is 11.0 Å². The molecule has 0 atom stereocenters. The third-order valence-electron chi connectivity index (χ3n) is 3.58. The maximum atomic E-state index is 5.69. The van der Waals surface area contributed by atoms with Crippen LogP contribution in [-0.4, -0.2) is 24.3 Å². The predicted molar refractivity (Wildman–Crippen MR) is 87.1 cm³/mol. The van der Waals surface area contributed by atoms with Crippen molar-refractivity contribution in [2.24, 2.45) is 12.8 Å². The molecule has 3 rings (SSSR count). The fraction of sp³-hybridized carbons (Fsp3) is 0.267. The SMILES string of the molecule is Cn1nccc1CCn1c(CC(N)=S)nc2ccccc21. The van der Waals surface area contributed by atoms with Crippen molar-refractivity contribution in [3.05, 3.63) is 48.0 Å². The second-order valence-corrected chi connectivity index (χ2v) is 5.53. The molecule has 0 aliphatic rings. The quantitative estimate of drug-likeness (QED) is 0.730. The van der Waals surface area contributed by atoms with E-state index in [1.165, 1.54) is 5.69 Å². The molecular formula is C15H17N5S. The third-order valence-corrected chi connectivity index (χ3v) is 3.72. The van der Waals surface area contributed by atoms with Crippen LogP contribution in [0.1, 0.15) is 11.5 Å². The minimum Gasteiger partial charge on any atom is -0.393 e. The number of hydrogen-bond acceptors (Lipinski definition) is 3. The lowest BCUT2D eigenvalue weighted by Gasteiger charge is -2.09. The first kappa shape index (κ1) is 13.8. The zero-order valence-electron chi connectivity index (χ0n) is 11.9. The average molecular weight is 299 g/mol. The van der Waals surface area contributed by atoms with E-state index in [0.29, 0.717) is 11.4 Å². The standard InChI is InChI=1S/C15H17N5S/c1-19-11(6-8-17-19)7-9-20-13-5-3-2-4-12(13)18-15(20)10-14(16)21/h2-6,8H,7,9-10H2,1H3,(H2,16,21). The van der Waals surface area contributed by atoms with Gasteiger partial charge in [0.05, 0.1) is 22.4 Å². The number of aryl methyl sites for hydroxylation is 3. The molecule has 1 aromatic carbocycles. The zero-order valence-corrected chi connectivity index (χ0v) is 12.7. The van der Waals surface area contributed by atoms with Crippen LogP contribution >= 0.6 is 12.2 Å². The van der Waals surface area contributed by atoms with Gasteiger partial charge in [-0.3, -0.25) is 4.68 Å². The molecule has 0 saturated heterocycles. The van der Waals surface area contributed by atoms with E-state index in [4.69, 9.17) is 18.0 Å². The van der Waals surface area contributed by atoms with Gasteiger partial charge < -0.3 is 10.3 Å². The zero-order chi connectivity index (χ0) is 14.8. The van der Waals surface area contributed by atoms with Gasteiger partial charge in [0, 0.05) is 31.9 Å². The van der Waals surface area contributed by atoms with Gasteiger partial charge in [0.2, 0.25) is 0 Å². The van der Waals surface area contributed by atoms with Gasteiger partial charge in [-0.2, -0.15) is 5.10 Å². The fourth-order valence-corrected chi connectivity index (χ4v) is 2.67. The smallest absolute Gasteiger partial charge is 0.116 e. The van der Waals surface area contributed by atoms with Crippen LogP contribution in [0.4, 0.5) is 0 Å². The van der Waals surface area contributed by atoms with E-state index in [9.17, 15) is 0 Å². The molecule has 2 N–H and O–H groups in total. The molecule has 0 radical (unpaired) electrons. The number of nitrogens with zero attached hydrogens (tertiary/aromatic N) is 4. The minimum atomic E-state index is 0.465. The van der Waals surface area contributed by atoms with Crippen molar-refractivity contribution in [2.75, 3.05) is 0 Å². The first-order valence-electron chi connectivity index (χ1n) is 6.84. The maximum absolute atomic E-state index is 5.69. The van der Waals surface area contributed by atoms with Crippen LogP contribution in [0.3, 0.4) is 0 Å². The topological polar surface area (TPSA) is 61.7 Å². The summed E-state index contributed by atoms with van der Waals surface area (Å²) in [5, 5.41) is 4.20. The van der Waals surface area contributed by atoms with Crippen LogP contribution < -0.4 is 5.73 Å². The van der Waals surface area contributed by atoms with E-state index >= 15 is 0 Å². The van der Waals surface area contributed by atoms with Gasteiger partial charge in [-0.15, -0.1) is 0 Å². The Hall–Kier alpha value is -2.21. The number of rotatable bonds is 5. The first-order chi connectivity index (χ1) is 10.1. The van der Waals surface area contributed by atoms with Crippen LogP contribution in [-0.2, 0) is 26.4 Å². The first-order valence-corrected chi connectivity index (χ1v) is 7.25. The maximum Gasteiger partial charge on any atom is 0.116 e. The van der Waals surface area contributed by atoms with E-state index < -0.39 is 0 Å². The third kappa shape index (κ3) is 2.80. The Bertz CT molecular complexity index is 786. The van der Waals surface area contributed by atoms with E-state index in [1.54, 1.807) is 0 Å². The highest BCUT2D eigenvalue weighted by atomic mass is 32.1. The number of aromatic nitrogens is 4. The molecule has 5 nitrogen and oxygen atoms in total. The highest BCUT2D eigenvalue weighted by molar-refractivity contribution is 7.80. The molecule has 0 saturated carbocycles. The summed E-state index contributed by atoms with van der Waals surface area (Å²) < 4.78 is 4.09. The van der Waals surface area contributed by atoms with Crippen LogP contribution in [0.5, 0.6) is 0 Å². The summed E-state index contributed by atoms with van der Waals surface area (Å²) in [5.41, 5.74) is 8.98. The second-order valence-electron chi connectivity index (χ2n) is 5.01. The Kier molecular flexibility index (Phi) is 3.70. The molecule has 0 amide bonds. The van der Waals surface area contributed by atoms with Gasteiger partial charge in [-0.05, 0) is 18.2 Å². The Morgan fingerprint density at radius 3 is 2.81 bits per heavy atom. The summed E-state index contributed by atoms with van der Waals surface area (Å²) in [6, 6.07) is 10.1. The van der Waals surface area contributed by atoms with Crippen LogP contribution in [0, 0.1) is 0 Å². The summed E-state index contributed by atoms with van der Waals surface area (Å²) in [6.45, 7) is 0.831. The number of nitrogens with two attached hydrogens (primary N) is 1. The van der Waals surface area contributed by atoms with Crippen LogP contribution in [0.2, 0.25) is 0 Å². The lowest BCUT2D eigenvalue weighted by molar-refractivity contribution is 0.633. The molecule has 0 aliphatic heterocycles. The van der Waals surface area contributed by atoms with Crippen molar-refractivity contribution in [3.63, 3.8) is 0 Å². The van der Waals surface area contributed by atoms with Crippen molar-refractivity contribution in [1.29, 1.82) is 0 Å². The molecule has 0 spiro atoms. The van der Waals surface area contributed by atoms with Gasteiger partial charge in [-0.1, -0.05) is 24.4 Å². The van der Waals surface area contributed by atoms with Crippen molar-refractivity contribution < 1.29 is 0 Å². The molecule has 21 heavy (non-hydrogen) atoms. The average Bonchev–Trinajstić information content (AvgIpc) is 2.99. The molecule has 6 heteroatoms. The predicted octanol–water partition coefficient (Wildman–Crippen LogP) is 1.84. The Morgan fingerprint density at radius 1 is 1.29 bits per heavy atom. The van der Waals surface area contributed by atoms with Crippen molar-refractivity contribution in [2.45, 2.75) is 19.4 Å². The van der Waals surface area contributed by atoms with Crippen molar-refractivity contribution in [1.82, 2.24) is 19.3 Å². The molecule has 0 bridgehead atoms. The second kappa shape index (κ2) is 5.65.